The summed E-state index contributed by atoms with van der Waals surface area (Å²) in [6, 6.07) is 14.5. The molecule has 0 atom stereocenters. The molecule has 4 heteroatoms. The lowest BCUT2D eigenvalue weighted by Gasteiger charge is -2.17. The van der Waals surface area contributed by atoms with E-state index in [1.165, 1.54) is 0 Å². The highest BCUT2D eigenvalue weighted by molar-refractivity contribution is 6.05. The summed E-state index contributed by atoms with van der Waals surface area (Å²) in [7, 11) is 0. The summed E-state index contributed by atoms with van der Waals surface area (Å²) in [5.74, 6) is -0.191. The normalized spacial score (nSPS) is 11.0. The molecule has 0 fully saturated rings. The maximum absolute atomic E-state index is 12.2. The fraction of sp³-hybridized carbons (Fsp3) is 0.263. The van der Waals surface area contributed by atoms with Crippen LogP contribution >= 0.6 is 0 Å². The maximum Gasteiger partial charge on any atom is 0.255 e. The van der Waals surface area contributed by atoms with E-state index in [1.54, 1.807) is 30.3 Å². The minimum atomic E-state index is -0.447. The van der Waals surface area contributed by atoms with Crippen molar-refractivity contribution in [3.05, 3.63) is 59.7 Å². The Hall–Kier alpha value is -2.62. The van der Waals surface area contributed by atoms with E-state index in [1.807, 2.05) is 45.9 Å². The zero-order valence-electron chi connectivity index (χ0n) is 13.9. The molecule has 4 nitrogen and oxygen atoms in total. The molecule has 2 N–H and O–H groups in total. The summed E-state index contributed by atoms with van der Waals surface area (Å²) < 4.78 is 0. The van der Waals surface area contributed by atoms with Gasteiger partial charge in [0.2, 0.25) is 5.91 Å². The van der Waals surface area contributed by atoms with Crippen LogP contribution in [0, 0.1) is 12.3 Å². The topological polar surface area (TPSA) is 58.2 Å². The molecule has 0 aliphatic rings. The molecule has 0 aliphatic heterocycles. The summed E-state index contributed by atoms with van der Waals surface area (Å²) >= 11 is 0. The Bertz CT molecular complexity index is 713. The molecule has 2 amide bonds. The van der Waals surface area contributed by atoms with Gasteiger partial charge in [-0.3, -0.25) is 9.59 Å². The zero-order chi connectivity index (χ0) is 17.0. The van der Waals surface area contributed by atoms with E-state index in [0.717, 1.165) is 5.56 Å². The van der Waals surface area contributed by atoms with Crippen molar-refractivity contribution in [3.8, 4) is 0 Å². The number of rotatable bonds is 3. The van der Waals surface area contributed by atoms with Crippen molar-refractivity contribution in [1.29, 1.82) is 0 Å². The van der Waals surface area contributed by atoms with Gasteiger partial charge in [-0.15, -0.1) is 0 Å². The van der Waals surface area contributed by atoms with Crippen molar-refractivity contribution in [2.24, 2.45) is 5.41 Å². The van der Waals surface area contributed by atoms with Crippen LogP contribution in [0.15, 0.2) is 48.5 Å². The number of amides is 2. The SMILES string of the molecule is Cc1ccccc1C(=O)Nc1ccc(NC(=O)C(C)(C)C)cc1. The third-order valence-corrected chi connectivity index (χ3v) is 3.47. The Morgan fingerprint density at radius 2 is 1.35 bits per heavy atom. The molecule has 0 heterocycles. The first kappa shape index (κ1) is 16.7. The molecule has 2 rings (SSSR count). The molecule has 0 radical (unpaired) electrons. The van der Waals surface area contributed by atoms with Crippen LogP contribution in [0.4, 0.5) is 11.4 Å². The summed E-state index contributed by atoms with van der Waals surface area (Å²) in [4.78, 5) is 24.2. The Morgan fingerprint density at radius 1 is 0.826 bits per heavy atom. The number of nitrogens with one attached hydrogen (secondary N) is 2. The van der Waals surface area contributed by atoms with Crippen LogP contribution in [0.25, 0.3) is 0 Å². The molecule has 0 spiro atoms. The van der Waals surface area contributed by atoms with Gasteiger partial charge in [-0.05, 0) is 42.8 Å². The minimum Gasteiger partial charge on any atom is -0.326 e. The number of hydrogen-bond donors (Lipinski definition) is 2. The van der Waals surface area contributed by atoms with Crippen molar-refractivity contribution < 1.29 is 9.59 Å². The van der Waals surface area contributed by atoms with E-state index in [2.05, 4.69) is 10.6 Å². The summed E-state index contributed by atoms with van der Waals surface area (Å²) in [5.41, 5.74) is 2.53. The molecule has 2 aromatic rings. The number of carbonyl (C=O) groups is 2. The zero-order valence-corrected chi connectivity index (χ0v) is 13.9. The lowest BCUT2D eigenvalue weighted by atomic mass is 9.95. The van der Waals surface area contributed by atoms with Gasteiger partial charge in [-0.1, -0.05) is 39.0 Å². The second-order valence-corrected chi connectivity index (χ2v) is 6.55. The number of carbonyl (C=O) groups excluding carboxylic acids is 2. The second kappa shape index (κ2) is 6.65. The number of anilines is 2. The highest BCUT2D eigenvalue weighted by Gasteiger charge is 2.21. The monoisotopic (exact) mass is 310 g/mol. The quantitative estimate of drug-likeness (QED) is 0.891. The van der Waals surface area contributed by atoms with E-state index in [0.29, 0.717) is 16.9 Å². The minimum absolute atomic E-state index is 0.0470. The molecule has 23 heavy (non-hydrogen) atoms. The van der Waals surface area contributed by atoms with Crippen molar-refractivity contribution in [1.82, 2.24) is 0 Å². The number of hydrogen-bond acceptors (Lipinski definition) is 2. The summed E-state index contributed by atoms with van der Waals surface area (Å²) in [5, 5.41) is 5.71. The molecule has 120 valence electrons. The average molecular weight is 310 g/mol. The first-order valence-electron chi connectivity index (χ1n) is 7.56. The smallest absolute Gasteiger partial charge is 0.255 e. The van der Waals surface area contributed by atoms with Crippen molar-refractivity contribution in [2.75, 3.05) is 10.6 Å². The standard InChI is InChI=1S/C19H22N2O2/c1-13-7-5-6-8-16(13)17(22)20-14-9-11-15(12-10-14)21-18(23)19(2,3)4/h5-12H,1-4H3,(H,20,22)(H,21,23). The summed E-state index contributed by atoms with van der Waals surface area (Å²) in [6.45, 7) is 7.48. The molecule has 0 saturated carbocycles. The van der Waals surface area contributed by atoms with Gasteiger partial charge >= 0.3 is 0 Å². The fourth-order valence-corrected chi connectivity index (χ4v) is 1.98. The van der Waals surface area contributed by atoms with E-state index in [4.69, 9.17) is 0 Å². The molecular weight excluding hydrogens is 288 g/mol. The van der Waals surface area contributed by atoms with Crippen LogP contribution in [-0.4, -0.2) is 11.8 Å². The largest absolute Gasteiger partial charge is 0.326 e. The molecule has 0 aliphatic carbocycles. The average Bonchev–Trinajstić information content (AvgIpc) is 2.48. The van der Waals surface area contributed by atoms with Crippen LogP contribution in [0.3, 0.4) is 0 Å². The van der Waals surface area contributed by atoms with Gasteiger partial charge in [0.1, 0.15) is 0 Å². The van der Waals surface area contributed by atoms with Crippen LogP contribution in [0.5, 0.6) is 0 Å². The van der Waals surface area contributed by atoms with Gasteiger partial charge in [0.05, 0.1) is 0 Å². The van der Waals surface area contributed by atoms with E-state index in [9.17, 15) is 9.59 Å². The van der Waals surface area contributed by atoms with Crippen LogP contribution < -0.4 is 10.6 Å². The van der Waals surface area contributed by atoms with Crippen molar-refractivity contribution in [3.63, 3.8) is 0 Å². The van der Waals surface area contributed by atoms with Crippen molar-refractivity contribution >= 4 is 23.2 Å². The first-order valence-corrected chi connectivity index (χ1v) is 7.56. The maximum atomic E-state index is 12.2. The molecule has 0 unspecified atom stereocenters. The van der Waals surface area contributed by atoms with Gasteiger partial charge in [-0.2, -0.15) is 0 Å². The molecular formula is C19H22N2O2. The molecule has 0 aromatic heterocycles. The van der Waals surface area contributed by atoms with E-state index >= 15 is 0 Å². The highest BCUT2D eigenvalue weighted by atomic mass is 16.2. The molecule has 2 aromatic carbocycles. The first-order chi connectivity index (χ1) is 10.8. The van der Waals surface area contributed by atoms with Gasteiger partial charge in [0.15, 0.2) is 0 Å². The van der Waals surface area contributed by atoms with Crippen LogP contribution in [-0.2, 0) is 4.79 Å². The third kappa shape index (κ3) is 4.42. The van der Waals surface area contributed by atoms with Gasteiger partial charge in [0, 0.05) is 22.4 Å². The second-order valence-electron chi connectivity index (χ2n) is 6.55. The number of aryl methyl sites for hydroxylation is 1. The van der Waals surface area contributed by atoms with Crippen LogP contribution in [0.1, 0.15) is 36.7 Å². The summed E-state index contributed by atoms with van der Waals surface area (Å²) in [6.07, 6.45) is 0. The predicted octanol–water partition coefficient (Wildman–Crippen LogP) is 4.23. The van der Waals surface area contributed by atoms with E-state index in [-0.39, 0.29) is 11.8 Å². The Labute approximate surface area is 136 Å². The lowest BCUT2D eigenvalue weighted by Crippen LogP contribution is -2.27. The Morgan fingerprint density at radius 3 is 1.87 bits per heavy atom. The third-order valence-electron chi connectivity index (χ3n) is 3.47. The number of benzene rings is 2. The van der Waals surface area contributed by atoms with Gasteiger partial charge in [0.25, 0.3) is 5.91 Å². The van der Waals surface area contributed by atoms with Gasteiger partial charge in [-0.25, -0.2) is 0 Å². The van der Waals surface area contributed by atoms with Crippen molar-refractivity contribution in [2.45, 2.75) is 27.7 Å². The Balaban J connectivity index is 2.05. The molecule has 0 saturated heterocycles. The Kier molecular flexibility index (Phi) is 4.84. The predicted molar refractivity (Wildman–Crippen MR) is 93.7 cm³/mol. The van der Waals surface area contributed by atoms with E-state index < -0.39 is 5.41 Å². The molecule has 0 bridgehead atoms. The fourth-order valence-electron chi connectivity index (χ4n) is 1.98. The van der Waals surface area contributed by atoms with Crippen LogP contribution in [0.2, 0.25) is 0 Å². The van der Waals surface area contributed by atoms with Gasteiger partial charge < -0.3 is 10.6 Å². The lowest BCUT2D eigenvalue weighted by molar-refractivity contribution is -0.123. The highest BCUT2D eigenvalue weighted by Crippen LogP contribution is 2.19.